The first-order valence-electron chi connectivity index (χ1n) is 13.4. The number of nitrogens with zero attached hydrogens (tertiary/aromatic N) is 2. The summed E-state index contributed by atoms with van der Waals surface area (Å²) in [6.45, 7) is 1.48. The molecule has 0 fully saturated rings. The van der Waals surface area contributed by atoms with Crippen molar-refractivity contribution in [2.45, 2.75) is 13.0 Å². The van der Waals surface area contributed by atoms with E-state index in [2.05, 4.69) is 31.8 Å². The van der Waals surface area contributed by atoms with E-state index in [0.717, 1.165) is 10.8 Å². The Bertz CT molecular complexity index is 1630. The van der Waals surface area contributed by atoms with Gasteiger partial charge >= 0.3 is 12.2 Å². The minimum atomic E-state index is -0.947. The van der Waals surface area contributed by atoms with Crippen LogP contribution in [0, 0.1) is 0 Å². The zero-order valence-electron chi connectivity index (χ0n) is 24.5. The highest BCUT2D eigenvalue weighted by Crippen LogP contribution is 2.49. The van der Waals surface area contributed by atoms with Crippen molar-refractivity contribution in [2.75, 3.05) is 43.7 Å². The smallest absolute Gasteiger partial charge is 0.411 e. The van der Waals surface area contributed by atoms with E-state index in [1.54, 1.807) is 37.4 Å². The number of fused-ring (bicyclic) bond motifs is 1. The van der Waals surface area contributed by atoms with Crippen molar-refractivity contribution < 1.29 is 38.1 Å². The monoisotopic (exact) mass is 666 g/mol. The fourth-order valence-corrected chi connectivity index (χ4v) is 4.97. The van der Waals surface area contributed by atoms with Gasteiger partial charge in [0, 0.05) is 23.8 Å². The van der Waals surface area contributed by atoms with Crippen LogP contribution in [0.1, 0.15) is 28.9 Å². The Morgan fingerprint density at radius 2 is 1.68 bits per heavy atom. The van der Waals surface area contributed by atoms with E-state index in [9.17, 15) is 14.4 Å². The van der Waals surface area contributed by atoms with Gasteiger partial charge in [0.1, 0.15) is 12.7 Å². The minimum Gasteiger partial charge on any atom is -0.493 e. The predicted octanol–water partition coefficient (Wildman–Crippen LogP) is 6.25. The first-order valence-corrected chi connectivity index (χ1v) is 14.1. The lowest BCUT2D eigenvalue weighted by atomic mass is 10.0. The molecule has 0 saturated heterocycles. The summed E-state index contributed by atoms with van der Waals surface area (Å²) in [5.74, 6) is 0.273. The number of anilines is 2. The van der Waals surface area contributed by atoms with Crippen molar-refractivity contribution in [3.8, 4) is 17.2 Å². The van der Waals surface area contributed by atoms with Crippen molar-refractivity contribution in [2.24, 2.45) is 0 Å². The number of pyridine rings is 1. The average Bonchev–Trinajstić information content (AvgIpc) is 3.05. The number of rotatable bonds is 11. The van der Waals surface area contributed by atoms with Gasteiger partial charge in [-0.1, -0.05) is 36.4 Å². The van der Waals surface area contributed by atoms with E-state index in [-0.39, 0.29) is 36.1 Å². The molecule has 4 aromatic rings. The van der Waals surface area contributed by atoms with E-state index in [1.807, 2.05) is 36.4 Å². The minimum absolute atomic E-state index is 0.0193. The second-order valence-corrected chi connectivity index (χ2v) is 9.88. The molecule has 0 saturated carbocycles. The number of hydrogen-bond donors (Lipinski definition) is 2. The Morgan fingerprint density at radius 3 is 2.39 bits per heavy atom. The topological polar surface area (TPSA) is 138 Å². The number of ether oxygens (including phenoxy) is 5. The molecule has 1 unspecified atom stereocenters. The summed E-state index contributed by atoms with van der Waals surface area (Å²) in [4.78, 5) is 42.4. The summed E-state index contributed by atoms with van der Waals surface area (Å²) in [6.07, 6.45) is 0.568. The SMILES string of the molecule is COc1cc(N(Br)C(=O)c2cccnc2)c(C(C)OC(=O)NCCOC(=O)Nc2cccc3ccccc23)c(OC)c1OC. The van der Waals surface area contributed by atoms with Crippen LogP contribution in [0.2, 0.25) is 0 Å². The average molecular weight is 668 g/mol. The molecule has 0 aliphatic heterocycles. The van der Waals surface area contributed by atoms with E-state index in [4.69, 9.17) is 23.7 Å². The molecule has 4 rings (SSSR count). The van der Waals surface area contributed by atoms with Crippen LogP contribution in [0.3, 0.4) is 0 Å². The molecule has 0 bridgehead atoms. The van der Waals surface area contributed by atoms with Gasteiger partial charge in [-0.15, -0.1) is 0 Å². The number of aromatic nitrogens is 1. The van der Waals surface area contributed by atoms with Gasteiger partial charge in [0.25, 0.3) is 5.91 Å². The molecule has 0 aliphatic carbocycles. The van der Waals surface area contributed by atoms with Gasteiger partial charge in [-0.2, -0.15) is 0 Å². The number of carbonyl (C=O) groups excluding carboxylic acids is 3. The number of benzene rings is 3. The van der Waals surface area contributed by atoms with E-state index < -0.39 is 24.2 Å². The number of carbonyl (C=O) groups is 3. The summed E-state index contributed by atoms with van der Waals surface area (Å²) in [6, 6.07) is 18.0. The molecule has 0 spiro atoms. The Hall–Kier alpha value is -5.04. The van der Waals surface area contributed by atoms with Crippen molar-refractivity contribution in [3.05, 3.63) is 84.2 Å². The number of hydrogen-bond acceptors (Lipinski definition) is 9. The summed E-state index contributed by atoms with van der Waals surface area (Å²) in [5.41, 5.74) is 1.51. The highest BCUT2D eigenvalue weighted by atomic mass is 79.9. The maximum atomic E-state index is 13.3. The number of alkyl carbamates (subject to hydrolysis) is 1. The third-order valence-corrected chi connectivity index (χ3v) is 7.17. The van der Waals surface area contributed by atoms with Crippen molar-refractivity contribution in [1.82, 2.24) is 10.3 Å². The fraction of sp³-hybridized carbons (Fsp3) is 0.226. The molecule has 44 heavy (non-hydrogen) atoms. The number of methoxy groups -OCH3 is 3. The third-order valence-electron chi connectivity index (χ3n) is 6.47. The molecule has 1 atom stereocenters. The van der Waals surface area contributed by atoms with Crippen LogP contribution in [-0.2, 0) is 9.47 Å². The number of nitrogens with one attached hydrogen (secondary N) is 2. The molecule has 1 heterocycles. The maximum absolute atomic E-state index is 13.3. The first kappa shape index (κ1) is 31.9. The summed E-state index contributed by atoms with van der Waals surface area (Å²) in [5, 5.41) is 7.12. The quantitative estimate of drug-likeness (QED) is 0.140. The fourth-order valence-electron chi connectivity index (χ4n) is 4.47. The second-order valence-electron chi connectivity index (χ2n) is 9.17. The van der Waals surface area contributed by atoms with E-state index >= 15 is 0 Å². The molecular weight excluding hydrogens is 636 g/mol. The Labute approximate surface area is 262 Å². The number of amides is 3. The van der Waals surface area contributed by atoms with Crippen LogP contribution in [0.4, 0.5) is 21.0 Å². The molecule has 2 N–H and O–H groups in total. The lowest BCUT2D eigenvalue weighted by molar-refractivity contribution is 0.100. The molecule has 13 heteroatoms. The lowest BCUT2D eigenvalue weighted by Gasteiger charge is -2.26. The summed E-state index contributed by atoms with van der Waals surface area (Å²) in [7, 11) is 4.30. The van der Waals surface area contributed by atoms with Gasteiger partial charge in [-0.3, -0.25) is 15.1 Å². The summed E-state index contributed by atoms with van der Waals surface area (Å²) >= 11 is 3.34. The highest BCUT2D eigenvalue weighted by Gasteiger charge is 2.31. The van der Waals surface area contributed by atoms with Gasteiger partial charge in [-0.05, 0) is 30.5 Å². The van der Waals surface area contributed by atoms with Crippen LogP contribution >= 0.6 is 16.1 Å². The molecular formula is C31H31BrN4O8. The van der Waals surface area contributed by atoms with E-state index in [1.165, 1.54) is 31.5 Å². The van der Waals surface area contributed by atoms with Crippen LogP contribution in [0.5, 0.6) is 17.2 Å². The highest BCUT2D eigenvalue weighted by molar-refractivity contribution is 9.10. The number of halogens is 1. The largest absolute Gasteiger partial charge is 0.493 e. The molecule has 1 aromatic heterocycles. The van der Waals surface area contributed by atoms with Crippen LogP contribution < -0.4 is 28.8 Å². The molecule has 12 nitrogen and oxygen atoms in total. The molecule has 230 valence electrons. The molecule has 3 aromatic carbocycles. The van der Waals surface area contributed by atoms with Gasteiger partial charge < -0.3 is 29.0 Å². The Morgan fingerprint density at radius 1 is 0.932 bits per heavy atom. The molecule has 0 radical (unpaired) electrons. The van der Waals surface area contributed by atoms with Crippen molar-refractivity contribution in [1.29, 1.82) is 0 Å². The van der Waals surface area contributed by atoms with Crippen molar-refractivity contribution in [3.63, 3.8) is 0 Å². The van der Waals surface area contributed by atoms with Gasteiger partial charge in [0.15, 0.2) is 11.5 Å². The maximum Gasteiger partial charge on any atom is 0.411 e. The first-order chi connectivity index (χ1) is 21.3. The van der Waals surface area contributed by atoms with Crippen LogP contribution in [0.15, 0.2) is 73.1 Å². The zero-order chi connectivity index (χ0) is 31.6. The third kappa shape index (κ3) is 7.29. The van der Waals surface area contributed by atoms with Crippen molar-refractivity contribution >= 4 is 56.4 Å². The van der Waals surface area contributed by atoms with Gasteiger partial charge in [-0.25, -0.2) is 13.5 Å². The van der Waals surface area contributed by atoms with Crippen LogP contribution in [0.25, 0.3) is 10.8 Å². The van der Waals surface area contributed by atoms with Gasteiger partial charge in [0.2, 0.25) is 5.75 Å². The zero-order valence-corrected chi connectivity index (χ0v) is 26.0. The second kappa shape index (κ2) is 14.9. The Balaban J connectivity index is 1.43. The Kier molecular flexibility index (Phi) is 10.8. The molecule has 3 amide bonds. The van der Waals surface area contributed by atoms with E-state index in [0.29, 0.717) is 16.8 Å². The standard InChI is InChI=1S/C31H31BrN4O8/c1-19(44-30(38)34-15-16-43-31(39)35-23-13-7-10-20-9-5-6-12-22(20)23)26-24(17-25(40-2)27(41-3)28(26)42-4)36(32)29(37)21-11-8-14-33-18-21/h5-14,17-19H,15-16H2,1-4H3,(H,34,38)(H,35,39). The van der Waals surface area contributed by atoms with Crippen LogP contribution in [-0.4, -0.2) is 57.6 Å². The molecule has 0 aliphatic rings. The predicted molar refractivity (Wildman–Crippen MR) is 168 cm³/mol. The normalized spacial score (nSPS) is 11.2. The lowest BCUT2D eigenvalue weighted by Crippen LogP contribution is -2.30. The summed E-state index contributed by atoms with van der Waals surface area (Å²) < 4.78 is 28.7. The van der Waals surface area contributed by atoms with Gasteiger partial charge in [0.05, 0.1) is 66.5 Å².